The van der Waals surface area contributed by atoms with Gasteiger partial charge in [0.2, 0.25) is 5.91 Å². The molecule has 0 aliphatic carbocycles. The molecule has 0 saturated carbocycles. The van der Waals surface area contributed by atoms with E-state index < -0.39 is 0 Å². The summed E-state index contributed by atoms with van der Waals surface area (Å²) < 4.78 is 0. The molecule has 1 amide bonds. The van der Waals surface area contributed by atoms with E-state index in [0.717, 1.165) is 16.8 Å². The van der Waals surface area contributed by atoms with Gasteiger partial charge in [0.05, 0.1) is 0 Å². The molecule has 0 radical (unpaired) electrons. The smallest absolute Gasteiger partial charge is 0.221 e. The van der Waals surface area contributed by atoms with Gasteiger partial charge in [-0.05, 0) is 17.2 Å². The van der Waals surface area contributed by atoms with Crippen LogP contribution in [0.4, 0.5) is 0 Å². The Morgan fingerprint density at radius 3 is 2.06 bits per heavy atom. The topological polar surface area (TPSA) is 29.1 Å². The Morgan fingerprint density at radius 1 is 0.944 bits per heavy atom. The number of hydrogen-bond donors (Lipinski definition) is 1. The van der Waals surface area contributed by atoms with Gasteiger partial charge in [0.25, 0.3) is 0 Å². The fraction of sp³-hybridized carbons (Fsp3) is 0.0625. The largest absolute Gasteiger partial charge is 0.326 e. The molecule has 0 bridgehead atoms. The van der Waals surface area contributed by atoms with E-state index in [1.165, 1.54) is 6.92 Å². The lowest BCUT2D eigenvalue weighted by atomic mass is 10.1. The fourth-order valence-electron chi connectivity index (χ4n) is 1.71. The highest BCUT2D eigenvalue weighted by atomic mass is 16.1. The van der Waals surface area contributed by atoms with Gasteiger partial charge >= 0.3 is 0 Å². The quantitative estimate of drug-likeness (QED) is 0.815. The Bertz CT molecular complexity index is 544. The van der Waals surface area contributed by atoms with Crippen molar-refractivity contribution in [1.29, 1.82) is 0 Å². The molecule has 2 nitrogen and oxygen atoms in total. The lowest BCUT2D eigenvalue weighted by molar-refractivity contribution is -0.117. The van der Waals surface area contributed by atoms with Gasteiger partial charge in [-0.1, -0.05) is 60.7 Å². The molecule has 0 aliphatic rings. The predicted molar refractivity (Wildman–Crippen MR) is 74.6 cm³/mol. The molecule has 2 aromatic carbocycles. The van der Waals surface area contributed by atoms with E-state index in [1.54, 1.807) is 0 Å². The molecule has 0 aliphatic heterocycles. The van der Waals surface area contributed by atoms with Crippen LogP contribution in [0.3, 0.4) is 0 Å². The van der Waals surface area contributed by atoms with Crippen LogP contribution in [0.5, 0.6) is 0 Å². The molecule has 2 rings (SSSR count). The summed E-state index contributed by atoms with van der Waals surface area (Å²) in [6, 6.07) is 19.7. The van der Waals surface area contributed by atoms with Gasteiger partial charge in [0, 0.05) is 12.6 Å². The lowest BCUT2D eigenvalue weighted by Crippen LogP contribution is -2.17. The SMILES string of the molecule is CC(=O)N/C(=C\c1ccccc1)c1ccccc1. The van der Waals surface area contributed by atoms with Crippen LogP contribution in [0.2, 0.25) is 0 Å². The minimum Gasteiger partial charge on any atom is -0.326 e. The van der Waals surface area contributed by atoms with Gasteiger partial charge in [-0.2, -0.15) is 0 Å². The number of amides is 1. The molecule has 0 atom stereocenters. The van der Waals surface area contributed by atoms with Crippen molar-refractivity contribution in [3.8, 4) is 0 Å². The maximum Gasteiger partial charge on any atom is 0.221 e. The van der Waals surface area contributed by atoms with Crippen LogP contribution in [-0.2, 0) is 4.79 Å². The van der Waals surface area contributed by atoms with E-state index in [9.17, 15) is 4.79 Å². The number of nitrogens with one attached hydrogen (secondary N) is 1. The maximum absolute atomic E-state index is 11.3. The summed E-state index contributed by atoms with van der Waals surface area (Å²) >= 11 is 0. The van der Waals surface area contributed by atoms with Crippen LogP contribution >= 0.6 is 0 Å². The van der Waals surface area contributed by atoms with E-state index in [-0.39, 0.29) is 5.91 Å². The number of benzene rings is 2. The highest BCUT2D eigenvalue weighted by molar-refractivity contribution is 5.91. The van der Waals surface area contributed by atoms with Crippen molar-refractivity contribution in [2.45, 2.75) is 6.92 Å². The van der Waals surface area contributed by atoms with Crippen LogP contribution < -0.4 is 5.32 Å². The average molecular weight is 237 g/mol. The molecule has 0 spiro atoms. The highest BCUT2D eigenvalue weighted by Crippen LogP contribution is 2.15. The summed E-state index contributed by atoms with van der Waals surface area (Å²) in [6.07, 6.45) is 1.97. The van der Waals surface area contributed by atoms with Gasteiger partial charge in [0.15, 0.2) is 0 Å². The molecular formula is C16H15NO. The van der Waals surface area contributed by atoms with Crippen LogP contribution in [0.1, 0.15) is 18.1 Å². The monoisotopic (exact) mass is 237 g/mol. The van der Waals surface area contributed by atoms with Crippen LogP contribution in [0, 0.1) is 0 Å². The number of carbonyl (C=O) groups is 1. The van der Waals surface area contributed by atoms with Gasteiger partial charge in [-0.15, -0.1) is 0 Å². The molecule has 0 aromatic heterocycles. The zero-order valence-corrected chi connectivity index (χ0v) is 10.3. The molecule has 18 heavy (non-hydrogen) atoms. The molecule has 1 N–H and O–H groups in total. The summed E-state index contributed by atoms with van der Waals surface area (Å²) in [5, 5.41) is 2.87. The summed E-state index contributed by atoms with van der Waals surface area (Å²) in [5.41, 5.74) is 2.87. The van der Waals surface area contributed by atoms with Crippen molar-refractivity contribution >= 4 is 17.7 Å². The minimum absolute atomic E-state index is 0.0685. The first-order valence-electron chi connectivity index (χ1n) is 5.85. The van der Waals surface area contributed by atoms with E-state index in [4.69, 9.17) is 0 Å². The number of rotatable bonds is 3. The third-order valence-corrected chi connectivity index (χ3v) is 2.51. The first-order valence-corrected chi connectivity index (χ1v) is 5.85. The molecule has 0 heterocycles. The van der Waals surface area contributed by atoms with Crippen molar-refractivity contribution in [2.75, 3.05) is 0 Å². The molecule has 0 fully saturated rings. The van der Waals surface area contributed by atoms with Gasteiger partial charge in [0.1, 0.15) is 0 Å². The Kier molecular flexibility index (Phi) is 3.92. The minimum atomic E-state index is -0.0685. The zero-order valence-electron chi connectivity index (χ0n) is 10.3. The zero-order chi connectivity index (χ0) is 12.8. The maximum atomic E-state index is 11.3. The number of carbonyl (C=O) groups excluding carboxylic acids is 1. The molecular weight excluding hydrogens is 222 g/mol. The van der Waals surface area contributed by atoms with Crippen LogP contribution in [0.25, 0.3) is 11.8 Å². The first-order chi connectivity index (χ1) is 8.75. The van der Waals surface area contributed by atoms with Gasteiger partial charge in [-0.3, -0.25) is 4.79 Å². The summed E-state index contributed by atoms with van der Waals surface area (Å²) in [6.45, 7) is 1.52. The van der Waals surface area contributed by atoms with E-state index in [0.29, 0.717) is 0 Å². The summed E-state index contributed by atoms with van der Waals surface area (Å²) in [7, 11) is 0. The average Bonchev–Trinajstić information content (AvgIpc) is 2.40. The third kappa shape index (κ3) is 3.32. The molecule has 0 saturated heterocycles. The Hall–Kier alpha value is -2.35. The summed E-state index contributed by atoms with van der Waals surface area (Å²) in [4.78, 5) is 11.3. The lowest BCUT2D eigenvalue weighted by Gasteiger charge is -2.08. The van der Waals surface area contributed by atoms with Crippen molar-refractivity contribution in [2.24, 2.45) is 0 Å². The highest BCUT2D eigenvalue weighted by Gasteiger charge is 2.02. The van der Waals surface area contributed by atoms with Gasteiger partial charge in [-0.25, -0.2) is 0 Å². The summed E-state index contributed by atoms with van der Waals surface area (Å²) in [5.74, 6) is -0.0685. The van der Waals surface area contributed by atoms with Crippen molar-refractivity contribution in [3.05, 3.63) is 71.8 Å². The second kappa shape index (κ2) is 5.82. The fourth-order valence-corrected chi connectivity index (χ4v) is 1.71. The molecule has 2 heteroatoms. The molecule has 90 valence electrons. The van der Waals surface area contributed by atoms with Crippen molar-refractivity contribution in [1.82, 2.24) is 5.32 Å². The Labute approximate surface area is 107 Å². The van der Waals surface area contributed by atoms with Gasteiger partial charge < -0.3 is 5.32 Å². The van der Waals surface area contributed by atoms with E-state index in [1.807, 2.05) is 66.7 Å². The van der Waals surface area contributed by atoms with Crippen LogP contribution in [-0.4, -0.2) is 5.91 Å². The van der Waals surface area contributed by atoms with Crippen molar-refractivity contribution in [3.63, 3.8) is 0 Å². The number of hydrogen-bond acceptors (Lipinski definition) is 1. The van der Waals surface area contributed by atoms with E-state index in [2.05, 4.69) is 5.32 Å². The standard InChI is InChI=1S/C16H15NO/c1-13(18)17-16(15-10-6-3-7-11-15)12-14-8-4-2-5-9-14/h2-12H,1H3,(H,17,18)/b16-12-. The third-order valence-electron chi connectivity index (χ3n) is 2.51. The predicted octanol–water partition coefficient (Wildman–Crippen LogP) is 3.32. The van der Waals surface area contributed by atoms with E-state index >= 15 is 0 Å². The Morgan fingerprint density at radius 2 is 1.50 bits per heavy atom. The molecule has 2 aromatic rings. The van der Waals surface area contributed by atoms with Crippen LogP contribution in [0.15, 0.2) is 60.7 Å². The normalized spacial score (nSPS) is 11.1. The first kappa shape index (κ1) is 12.1. The van der Waals surface area contributed by atoms with Crippen molar-refractivity contribution < 1.29 is 4.79 Å². The second-order valence-corrected chi connectivity index (χ2v) is 4.02. The Balaban J connectivity index is 2.37. The molecule has 0 unspecified atom stereocenters. The second-order valence-electron chi connectivity index (χ2n) is 4.02.